The van der Waals surface area contributed by atoms with E-state index in [-0.39, 0.29) is 17.6 Å². The Morgan fingerprint density at radius 2 is 1.68 bits per heavy atom. The summed E-state index contributed by atoms with van der Waals surface area (Å²) in [5.74, 6) is -0.935. The van der Waals surface area contributed by atoms with E-state index in [1.807, 2.05) is 48.5 Å². The number of carboxylic acids is 1. The molecule has 7 heteroatoms. The van der Waals surface area contributed by atoms with Crippen molar-refractivity contribution >= 4 is 29.0 Å². The largest absolute Gasteiger partial charge is 0.478 e. The molecule has 0 radical (unpaired) electrons. The lowest BCUT2D eigenvalue weighted by Crippen LogP contribution is -2.29. The summed E-state index contributed by atoms with van der Waals surface area (Å²) >= 11 is 5.82. The highest BCUT2D eigenvalue weighted by molar-refractivity contribution is 7.80. The minimum atomic E-state index is -0.935. The molecule has 34 heavy (non-hydrogen) atoms. The van der Waals surface area contributed by atoms with Gasteiger partial charge in [0.1, 0.15) is 0 Å². The second kappa shape index (κ2) is 8.76. The van der Waals surface area contributed by atoms with E-state index >= 15 is 0 Å². The Kier molecular flexibility index (Phi) is 5.63. The molecule has 1 aliphatic rings. The van der Waals surface area contributed by atoms with Crippen LogP contribution in [0, 0.1) is 13.8 Å². The molecule has 170 valence electrons. The monoisotopic (exact) mass is 468 g/mol. The maximum Gasteiger partial charge on any atom is 0.335 e. The van der Waals surface area contributed by atoms with Crippen LogP contribution in [0.15, 0.2) is 85.1 Å². The van der Waals surface area contributed by atoms with Crippen LogP contribution in [0.4, 0.5) is 5.69 Å². The average molecular weight is 469 g/mol. The quantitative estimate of drug-likeness (QED) is 0.384. The Morgan fingerprint density at radius 1 is 0.971 bits per heavy atom. The van der Waals surface area contributed by atoms with Gasteiger partial charge in [-0.1, -0.05) is 24.3 Å². The number of benzene rings is 2. The minimum Gasteiger partial charge on any atom is -0.478 e. The lowest BCUT2D eigenvalue weighted by Gasteiger charge is -2.28. The van der Waals surface area contributed by atoms with Crippen LogP contribution in [0.25, 0.3) is 5.69 Å². The zero-order valence-corrected chi connectivity index (χ0v) is 19.7. The summed E-state index contributed by atoms with van der Waals surface area (Å²) in [7, 11) is 0. The van der Waals surface area contributed by atoms with Crippen molar-refractivity contribution in [3.8, 4) is 5.69 Å². The summed E-state index contributed by atoms with van der Waals surface area (Å²) in [4.78, 5) is 18.1. The van der Waals surface area contributed by atoms with Gasteiger partial charge in [-0.3, -0.25) is 4.98 Å². The van der Waals surface area contributed by atoms with Gasteiger partial charge >= 0.3 is 5.97 Å². The number of thiocarbonyl (C=S) groups is 1. The fourth-order valence-corrected chi connectivity index (χ4v) is 5.12. The number of nitrogens with one attached hydrogen (secondary N) is 1. The third-order valence-corrected chi connectivity index (χ3v) is 6.61. The molecule has 2 aromatic carbocycles. The number of anilines is 1. The predicted octanol–water partition coefficient (Wildman–Crippen LogP) is 5.36. The Hall–Kier alpha value is -3.97. The van der Waals surface area contributed by atoms with Crippen LogP contribution in [0.1, 0.15) is 45.1 Å². The SMILES string of the molecule is Cc1cc([C@@H]2[C@H](c3ccccn3)NC(=S)N2c2ccccc2)c(C)n1-c1ccc(C(=O)O)cc1. The number of rotatable bonds is 5. The normalized spacial score (nSPS) is 17.6. The van der Waals surface area contributed by atoms with Gasteiger partial charge in [-0.05, 0) is 86.2 Å². The molecule has 0 aliphatic carbocycles. The van der Waals surface area contributed by atoms with Gasteiger partial charge in [-0.2, -0.15) is 0 Å². The third-order valence-electron chi connectivity index (χ3n) is 6.29. The van der Waals surface area contributed by atoms with Gasteiger partial charge in [-0.25, -0.2) is 4.79 Å². The molecule has 6 nitrogen and oxygen atoms in total. The van der Waals surface area contributed by atoms with Gasteiger partial charge in [-0.15, -0.1) is 0 Å². The number of hydrogen-bond acceptors (Lipinski definition) is 3. The Balaban J connectivity index is 1.65. The molecule has 1 fully saturated rings. The van der Waals surface area contributed by atoms with E-state index in [2.05, 4.69) is 51.8 Å². The molecule has 2 N–H and O–H groups in total. The summed E-state index contributed by atoms with van der Waals surface area (Å²) in [6.45, 7) is 4.15. The Morgan fingerprint density at radius 3 is 2.32 bits per heavy atom. The average Bonchev–Trinajstić information content (AvgIpc) is 3.35. The van der Waals surface area contributed by atoms with Crippen LogP contribution in [0.3, 0.4) is 0 Å². The second-order valence-electron chi connectivity index (χ2n) is 8.35. The molecule has 3 heterocycles. The van der Waals surface area contributed by atoms with Crippen molar-refractivity contribution in [2.45, 2.75) is 25.9 Å². The van der Waals surface area contributed by atoms with E-state index in [9.17, 15) is 9.90 Å². The van der Waals surface area contributed by atoms with E-state index in [1.54, 1.807) is 18.3 Å². The van der Waals surface area contributed by atoms with Crippen molar-refractivity contribution in [1.29, 1.82) is 0 Å². The van der Waals surface area contributed by atoms with Gasteiger partial charge in [0.05, 0.1) is 23.3 Å². The van der Waals surface area contributed by atoms with Gasteiger partial charge < -0.3 is 19.9 Å². The topological polar surface area (TPSA) is 70.4 Å². The maximum atomic E-state index is 11.3. The van der Waals surface area contributed by atoms with Crippen molar-refractivity contribution < 1.29 is 9.90 Å². The van der Waals surface area contributed by atoms with Crippen LogP contribution in [0.5, 0.6) is 0 Å². The molecule has 0 amide bonds. The standard InChI is InChI=1S/C27H24N4O2S/c1-17-16-22(18(2)30(17)21-13-11-19(12-14-21)26(32)33)25-24(23-10-6-7-15-28-23)29-27(34)31(25)20-8-4-3-5-9-20/h3-16,24-25H,1-2H3,(H,29,34)(H,32,33)/t24-,25+/m0/s1. The van der Waals surface area contributed by atoms with Crippen molar-refractivity contribution in [2.24, 2.45) is 0 Å². The Bertz CT molecular complexity index is 1350. The molecule has 0 spiro atoms. The molecule has 4 aromatic rings. The first-order valence-electron chi connectivity index (χ1n) is 11.0. The smallest absolute Gasteiger partial charge is 0.335 e. The Labute approximate surface area is 203 Å². The van der Waals surface area contributed by atoms with Crippen molar-refractivity contribution in [1.82, 2.24) is 14.9 Å². The first-order chi connectivity index (χ1) is 16.5. The second-order valence-corrected chi connectivity index (χ2v) is 8.73. The van der Waals surface area contributed by atoms with E-state index in [0.29, 0.717) is 5.11 Å². The molecule has 2 atom stereocenters. The maximum absolute atomic E-state index is 11.3. The minimum absolute atomic E-state index is 0.108. The third kappa shape index (κ3) is 3.74. The number of aryl methyl sites for hydroxylation is 1. The summed E-state index contributed by atoms with van der Waals surface area (Å²) in [6, 6.07) is 25.0. The number of aromatic carboxylic acids is 1. The number of nitrogens with zero attached hydrogens (tertiary/aromatic N) is 3. The zero-order valence-electron chi connectivity index (χ0n) is 18.8. The number of aromatic nitrogens is 2. The molecular formula is C27H24N4O2S. The van der Waals surface area contributed by atoms with Crippen LogP contribution < -0.4 is 10.2 Å². The fraction of sp³-hybridized carbons (Fsp3) is 0.148. The van der Waals surface area contributed by atoms with Crippen LogP contribution in [0.2, 0.25) is 0 Å². The van der Waals surface area contributed by atoms with Gasteiger partial charge in [0.25, 0.3) is 0 Å². The zero-order chi connectivity index (χ0) is 23.8. The number of para-hydroxylation sites is 1. The highest BCUT2D eigenvalue weighted by atomic mass is 32.1. The fourth-order valence-electron chi connectivity index (χ4n) is 4.78. The number of carboxylic acid groups (broad SMARTS) is 1. The molecule has 1 aliphatic heterocycles. The van der Waals surface area contributed by atoms with Gasteiger partial charge in [0.15, 0.2) is 5.11 Å². The van der Waals surface area contributed by atoms with Crippen molar-refractivity contribution in [3.63, 3.8) is 0 Å². The predicted molar refractivity (Wildman–Crippen MR) is 137 cm³/mol. The highest BCUT2D eigenvalue weighted by Gasteiger charge is 2.42. The molecule has 1 saturated heterocycles. The number of carbonyl (C=O) groups is 1. The van der Waals surface area contributed by atoms with Crippen LogP contribution in [-0.4, -0.2) is 25.7 Å². The first-order valence-corrected chi connectivity index (χ1v) is 11.4. The lowest BCUT2D eigenvalue weighted by atomic mass is 9.96. The summed E-state index contributed by atoms with van der Waals surface area (Å²) in [6.07, 6.45) is 1.80. The molecule has 5 rings (SSSR count). The summed E-state index contributed by atoms with van der Waals surface area (Å²) in [5.41, 5.74) is 6.37. The molecule has 0 unspecified atom stereocenters. The van der Waals surface area contributed by atoms with E-state index in [1.165, 1.54) is 0 Å². The van der Waals surface area contributed by atoms with Crippen molar-refractivity contribution in [2.75, 3.05) is 4.90 Å². The van der Waals surface area contributed by atoms with Crippen molar-refractivity contribution in [3.05, 3.63) is 113 Å². The first kappa shape index (κ1) is 21.9. The molecule has 0 bridgehead atoms. The number of pyridine rings is 1. The van der Waals surface area contributed by atoms with Gasteiger partial charge in [0, 0.05) is 29.0 Å². The number of hydrogen-bond donors (Lipinski definition) is 2. The van der Waals surface area contributed by atoms with Gasteiger partial charge in [0.2, 0.25) is 0 Å². The van der Waals surface area contributed by atoms with E-state index < -0.39 is 5.97 Å². The molecular weight excluding hydrogens is 444 g/mol. The lowest BCUT2D eigenvalue weighted by molar-refractivity contribution is 0.0697. The van der Waals surface area contributed by atoms with E-state index in [4.69, 9.17) is 12.2 Å². The van der Waals surface area contributed by atoms with Crippen LogP contribution >= 0.6 is 12.2 Å². The molecule has 2 aromatic heterocycles. The highest BCUT2D eigenvalue weighted by Crippen LogP contribution is 2.43. The summed E-state index contributed by atoms with van der Waals surface area (Å²) < 4.78 is 2.15. The summed E-state index contributed by atoms with van der Waals surface area (Å²) in [5, 5.41) is 13.4. The molecule has 0 saturated carbocycles. The van der Waals surface area contributed by atoms with Crippen LogP contribution in [-0.2, 0) is 0 Å². The van der Waals surface area contributed by atoms with E-state index in [0.717, 1.165) is 34.0 Å².